The van der Waals surface area contributed by atoms with Gasteiger partial charge in [-0.1, -0.05) is 25.4 Å². The van der Waals surface area contributed by atoms with E-state index in [1.165, 1.54) is 6.33 Å². The van der Waals surface area contributed by atoms with Gasteiger partial charge in [0.2, 0.25) is 11.0 Å². The highest BCUT2D eigenvalue weighted by atomic mass is 35.5. The van der Waals surface area contributed by atoms with Crippen molar-refractivity contribution in [1.29, 1.82) is 0 Å². The molecule has 0 aliphatic heterocycles. The third kappa shape index (κ3) is 4.42. The standard InChI is InChI=1S/C10H15ClN4O3/c1-7(2)5-18-4-3-12-10-8(15(16)17)9(11)13-6-14-10/h6-7H,3-5H2,1-2H3,(H,12,13,14). The second-order valence-electron chi connectivity index (χ2n) is 4.01. The Morgan fingerprint density at radius 2 is 2.28 bits per heavy atom. The van der Waals surface area contributed by atoms with E-state index in [4.69, 9.17) is 16.3 Å². The zero-order valence-electron chi connectivity index (χ0n) is 10.2. The molecule has 7 nitrogen and oxygen atoms in total. The molecule has 100 valence electrons. The van der Waals surface area contributed by atoms with Gasteiger partial charge in [0.05, 0.1) is 11.5 Å². The average Bonchev–Trinajstić information content (AvgIpc) is 2.27. The first-order valence-corrected chi connectivity index (χ1v) is 5.86. The van der Waals surface area contributed by atoms with Crippen LogP contribution in [0, 0.1) is 16.0 Å². The normalized spacial score (nSPS) is 10.7. The van der Waals surface area contributed by atoms with E-state index in [0.717, 1.165) is 0 Å². The Kier molecular flexibility index (Phi) is 5.73. The first-order valence-electron chi connectivity index (χ1n) is 5.49. The van der Waals surface area contributed by atoms with E-state index in [2.05, 4.69) is 15.3 Å². The van der Waals surface area contributed by atoms with Crippen molar-refractivity contribution in [2.75, 3.05) is 25.1 Å². The van der Waals surface area contributed by atoms with Gasteiger partial charge in [-0.15, -0.1) is 0 Å². The molecule has 1 N–H and O–H groups in total. The molecule has 0 spiro atoms. The maximum atomic E-state index is 10.8. The molecule has 0 aromatic carbocycles. The van der Waals surface area contributed by atoms with Crippen molar-refractivity contribution in [2.45, 2.75) is 13.8 Å². The zero-order chi connectivity index (χ0) is 13.5. The smallest absolute Gasteiger partial charge is 0.348 e. The van der Waals surface area contributed by atoms with E-state index >= 15 is 0 Å². The highest BCUT2D eigenvalue weighted by Crippen LogP contribution is 2.27. The van der Waals surface area contributed by atoms with Gasteiger partial charge in [-0.05, 0) is 5.92 Å². The summed E-state index contributed by atoms with van der Waals surface area (Å²) < 4.78 is 5.34. The molecule has 1 heterocycles. The molecular weight excluding hydrogens is 260 g/mol. The molecule has 0 saturated heterocycles. The first-order chi connectivity index (χ1) is 8.52. The van der Waals surface area contributed by atoms with Crippen molar-refractivity contribution in [2.24, 2.45) is 5.92 Å². The van der Waals surface area contributed by atoms with Gasteiger partial charge in [0.15, 0.2) is 0 Å². The topological polar surface area (TPSA) is 90.2 Å². The monoisotopic (exact) mass is 274 g/mol. The molecule has 0 atom stereocenters. The number of nitrogens with one attached hydrogen (secondary N) is 1. The highest BCUT2D eigenvalue weighted by Gasteiger charge is 2.20. The summed E-state index contributed by atoms with van der Waals surface area (Å²) in [6.07, 6.45) is 1.17. The van der Waals surface area contributed by atoms with Crippen LogP contribution in [0.3, 0.4) is 0 Å². The molecule has 1 rings (SSSR count). The number of anilines is 1. The van der Waals surface area contributed by atoms with Gasteiger partial charge in [-0.3, -0.25) is 10.1 Å². The number of rotatable bonds is 7. The number of ether oxygens (including phenoxy) is 1. The fourth-order valence-electron chi connectivity index (χ4n) is 1.21. The Balaban J connectivity index is 2.52. The number of nitro groups is 1. The fourth-order valence-corrected chi connectivity index (χ4v) is 1.41. The minimum absolute atomic E-state index is 0.105. The van der Waals surface area contributed by atoms with Gasteiger partial charge in [0.1, 0.15) is 6.33 Å². The molecule has 0 unspecified atom stereocenters. The van der Waals surface area contributed by atoms with Crippen molar-refractivity contribution in [1.82, 2.24) is 9.97 Å². The minimum Gasteiger partial charge on any atom is -0.379 e. The van der Waals surface area contributed by atoms with Crippen LogP contribution in [0.2, 0.25) is 5.15 Å². The Bertz CT molecular complexity index is 414. The number of aromatic nitrogens is 2. The van der Waals surface area contributed by atoms with Gasteiger partial charge in [-0.25, -0.2) is 9.97 Å². The van der Waals surface area contributed by atoms with Crippen LogP contribution in [0.15, 0.2) is 6.33 Å². The van der Waals surface area contributed by atoms with Crippen molar-refractivity contribution >= 4 is 23.1 Å². The number of nitrogens with zero attached hydrogens (tertiary/aromatic N) is 3. The third-order valence-electron chi connectivity index (χ3n) is 1.95. The van der Waals surface area contributed by atoms with Crippen LogP contribution in [0.25, 0.3) is 0 Å². The SMILES string of the molecule is CC(C)COCCNc1ncnc(Cl)c1[N+](=O)[O-]. The van der Waals surface area contributed by atoms with Gasteiger partial charge < -0.3 is 10.1 Å². The fraction of sp³-hybridized carbons (Fsp3) is 0.600. The van der Waals surface area contributed by atoms with Gasteiger partial charge in [-0.2, -0.15) is 0 Å². The van der Waals surface area contributed by atoms with Crippen LogP contribution < -0.4 is 5.32 Å². The number of hydrogen-bond acceptors (Lipinski definition) is 6. The maximum absolute atomic E-state index is 10.8. The summed E-state index contributed by atoms with van der Waals surface area (Å²) in [4.78, 5) is 17.5. The molecule has 1 aromatic heterocycles. The Hall–Kier alpha value is -1.47. The summed E-state index contributed by atoms with van der Waals surface area (Å²) in [6.45, 7) is 5.59. The summed E-state index contributed by atoms with van der Waals surface area (Å²) in [7, 11) is 0. The predicted octanol–water partition coefficient (Wildman–Crippen LogP) is 2.12. The largest absolute Gasteiger partial charge is 0.379 e. The van der Waals surface area contributed by atoms with Crippen molar-refractivity contribution in [3.63, 3.8) is 0 Å². The van der Waals surface area contributed by atoms with Crippen LogP contribution in [0.4, 0.5) is 11.5 Å². The molecule has 0 fully saturated rings. The van der Waals surface area contributed by atoms with E-state index in [-0.39, 0.29) is 16.7 Å². The molecule has 0 aliphatic rings. The molecule has 0 saturated carbocycles. The van der Waals surface area contributed by atoms with Crippen molar-refractivity contribution < 1.29 is 9.66 Å². The third-order valence-corrected chi connectivity index (χ3v) is 2.23. The molecule has 1 aromatic rings. The minimum atomic E-state index is -0.611. The highest BCUT2D eigenvalue weighted by molar-refractivity contribution is 6.31. The van der Waals surface area contributed by atoms with Crippen LogP contribution in [-0.4, -0.2) is 34.6 Å². The molecule has 0 aliphatic carbocycles. The van der Waals surface area contributed by atoms with E-state index in [9.17, 15) is 10.1 Å². The van der Waals surface area contributed by atoms with Crippen LogP contribution in [0.1, 0.15) is 13.8 Å². The lowest BCUT2D eigenvalue weighted by molar-refractivity contribution is -0.384. The molecule has 0 radical (unpaired) electrons. The lowest BCUT2D eigenvalue weighted by atomic mass is 10.2. The van der Waals surface area contributed by atoms with E-state index in [1.807, 2.05) is 13.8 Å². The number of halogens is 1. The van der Waals surface area contributed by atoms with E-state index in [0.29, 0.717) is 25.7 Å². The quantitative estimate of drug-likeness (QED) is 0.354. The van der Waals surface area contributed by atoms with E-state index in [1.54, 1.807) is 0 Å². The van der Waals surface area contributed by atoms with Gasteiger partial charge in [0, 0.05) is 13.2 Å². The van der Waals surface area contributed by atoms with Crippen LogP contribution in [0.5, 0.6) is 0 Å². The maximum Gasteiger partial charge on any atom is 0.348 e. The Morgan fingerprint density at radius 1 is 1.56 bits per heavy atom. The molecular formula is C10H15ClN4O3. The number of hydrogen-bond donors (Lipinski definition) is 1. The van der Waals surface area contributed by atoms with Gasteiger partial charge >= 0.3 is 5.69 Å². The second-order valence-corrected chi connectivity index (χ2v) is 4.37. The van der Waals surface area contributed by atoms with E-state index < -0.39 is 4.92 Å². The van der Waals surface area contributed by atoms with Crippen molar-refractivity contribution in [3.05, 3.63) is 21.6 Å². The molecule has 8 heteroatoms. The van der Waals surface area contributed by atoms with Crippen LogP contribution >= 0.6 is 11.6 Å². The lowest BCUT2D eigenvalue weighted by Crippen LogP contribution is -2.14. The first kappa shape index (κ1) is 14.6. The Morgan fingerprint density at radius 3 is 2.89 bits per heavy atom. The van der Waals surface area contributed by atoms with Crippen LogP contribution in [-0.2, 0) is 4.74 Å². The summed E-state index contributed by atoms with van der Waals surface area (Å²) >= 11 is 5.64. The molecule has 0 bridgehead atoms. The molecule has 0 amide bonds. The van der Waals surface area contributed by atoms with Crippen molar-refractivity contribution in [3.8, 4) is 0 Å². The predicted molar refractivity (Wildman–Crippen MR) is 67.8 cm³/mol. The summed E-state index contributed by atoms with van der Waals surface area (Å²) in [5.41, 5.74) is -0.317. The summed E-state index contributed by atoms with van der Waals surface area (Å²) in [5.74, 6) is 0.556. The van der Waals surface area contributed by atoms with Gasteiger partial charge in [0.25, 0.3) is 0 Å². The zero-order valence-corrected chi connectivity index (χ0v) is 11.0. The molecule has 18 heavy (non-hydrogen) atoms. The summed E-state index contributed by atoms with van der Waals surface area (Å²) in [5, 5.41) is 13.4. The average molecular weight is 275 g/mol. The Labute approximate surface area is 110 Å². The second kappa shape index (κ2) is 7.07. The lowest BCUT2D eigenvalue weighted by Gasteiger charge is -2.08. The summed E-state index contributed by atoms with van der Waals surface area (Å²) in [6, 6.07) is 0.